The molecule has 0 aliphatic heterocycles. The Morgan fingerprint density at radius 2 is 0.750 bits per heavy atom. The summed E-state index contributed by atoms with van der Waals surface area (Å²) in [5.74, 6) is 2.38. The number of aromatic nitrogens is 5. The van der Waals surface area contributed by atoms with Crippen molar-refractivity contribution in [2.75, 3.05) is 0 Å². The number of nitrogens with zero attached hydrogens (tertiary/aromatic N) is 6. The molecule has 10 rings (SSSR count). The van der Waals surface area contributed by atoms with E-state index in [1.165, 1.54) is 0 Å². The second-order valence-electron chi connectivity index (χ2n) is 14.4. The first kappa shape index (κ1) is 36.0. The van der Waals surface area contributed by atoms with E-state index in [1.54, 1.807) is 0 Å². The van der Waals surface area contributed by atoms with Gasteiger partial charge in [-0.05, 0) is 63.7 Å². The summed E-state index contributed by atoms with van der Waals surface area (Å²) in [6, 6.07) is 71.7. The highest BCUT2D eigenvalue weighted by Gasteiger charge is 2.18. The van der Waals surface area contributed by atoms with Gasteiger partial charge in [-0.2, -0.15) is 5.26 Å². The molecule has 10 aromatic rings. The van der Waals surface area contributed by atoms with Gasteiger partial charge in [0.2, 0.25) is 0 Å². The maximum atomic E-state index is 9.84. The summed E-state index contributed by atoms with van der Waals surface area (Å²) >= 11 is 0. The van der Waals surface area contributed by atoms with Crippen LogP contribution in [-0.4, -0.2) is 24.9 Å². The molecule has 2 aromatic heterocycles. The second-order valence-corrected chi connectivity index (χ2v) is 14.4. The lowest BCUT2D eigenvalue weighted by molar-refractivity contribution is 1.07. The Labute approximate surface area is 347 Å². The predicted molar refractivity (Wildman–Crippen MR) is 241 cm³/mol. The summed E-state index contributed by atoms with van der Waals surface area (Å²) < 4.78 is 0. The fraction of sp³-hybridized carbons (Fsp3) is 0. The van der Waals surface area contributed by atoms with E-state index in [9.17, 15) is 5.26 Å². The molecule has 0 saturated carbocycles. The molecule has 280 valence electrons. The van der Waals surface area contributed by atoms with E-state index in [0.717, 1.165) is 77.8 Å². The van der Waals surface area contributed by atoms with Gasteiger partial charge < -0.3 is 0 Å². The van der Waals surface area contributed by atoms with Crippen molar-refractivity contribution in [1.29, 1.82) is 5.26 Å². The number of rotatable bonds is 8. The van der Waals surface area contributed by atoms with Gasteiger partial charge in [-0.25, -0.2) is 24.9 Å². The van der Waals surface area contributed by atoms with Crippen molar-refractivity contribution < 1.29 is 0 Å². The van der Waals surface area contributed by atoms with E-state index < -0.39 is 0 Å². The van der Waals surface area contributed by atoms with Gasteiger partial charge in [0.25, 0.3) is 0 Å². The number of benzene rings is 8. The second kappa shape index (κ2) is 15.9. The van der Waals surface area contributed by atoms with E-state index >= 15 is 0 Å². The van der Waals surface area contributed by atoms with Crippen LogP contribution in [0.4, 0.5) is 0 Å². The average Bonchev–Trinajstić information content (AvgIpc) is 3.34. The topological polar surface area (TPSA) is 88.2 Å². The number of hydrogen-bond acceptors (Lipinski definition) is 6. The van der Waals surface area contributed by atoms with Crippen LogP contribution >= 0.6 is 0 Å². The summed E-state index contributed by atoms with van der Waals surface area (Å²) in [5, 5.41) is 10.8. The van der Waals surface area contributed by atoms with E-state index in [0.29, 0.717) is 28.9 Å². The van der Waals surface area contributed by atoms with Crippen molar-refractivity contribution in [1.82, 2.24) is 24.9 Å². The zero-order chi connectivity index (χ0) is 40.3. The molecule has 0 saturated heterocycles. The van der Waals surface area contributed by atoms with Gasteiger partial charge in [0.15, 0.2) is 23.3 Å². The van der Waals surface area contributed by atoms with Crippen LogP contribution in [0.3, 0.4) is 0 Å². The molecule has 60 heavy (non-hydrogen) atoms. The van der Waals surface area contributed by atoms with Crippen molar-refractivity contribution >= 4 is 10.9 Å². The third-order valence-corrected chi connectivity index (χ3v) is 10.6. The Hall–Kier alpha value is -8.40. The van der Waals surface area contributed by atoms with Crippen LogP contribution in [0.5, 0.6) is 0 Å². The fourth-order valence-electron chi connectivity index (χ4n) is 7.66. The number of hydrogen-bond donors (Lipinski definition) is 0. The van der Waals surface area contributed by atoms with E-state index in [4.69, 9.17) is 24.9 Å². The maximum Gasteiger partial charge on any atom is 0.164 e. The van der Waals surface area contributed by atoms with Crippen LogP contribution in [0, 0.1) is 11.3 Å². The smallest absolute Gasteiger partial charge is 0.164 e. The van der Waals surface area contributed by atoms with Gasteiger partial charge in [0.1, 0.15) is 0 Å². The first-order valence-corrected chi connectivity index (χ1v) is 19.7. The normalized spacial score (nSPS) is 11.0. The zero-order valence-electron chi connectivity index (χ0n) is 32.3. The fourth-order valence-corrected chi connectivity index (χ4v) is 7.66. The number of para-hydroxylation sites is 1. The molecule has 0 aliphatic rings. The largest absolute Gasteiger partial charge is 0.228 e. The molecule has 0 unspecified atom stereocenters. The third-order valence-electron chi connectivity index (χ3n) is 10.6. The molecule has 0 fully saturated rings. The van der Waals surface area contributed by atoms with Crippen LogP contribution in [-0.2, 0) is 0 Å². The average molecular weight is 767 g/mol. The minimum absolute atomic E-state index is 0.545. The van der Waals surface area contributed by atoms with Crippen LogP contribution in [0.1, 0.15) is 5.56 Å². The number of nitriles is 1. The predicted octanol–water partition coefficient (Wildman–Crippen LogP) is 13.0. The zero-order valence-corrected chi connectivity index (χ0v) is 32.3. The van der Waals surface area contributed by atoms with Crippen molar-refractivity contribution in [2.45, 2.75) is 0 Å². The van der Waals surface area contributed by atoms with Crippen molar-refractivity contribution in [2.24, 2.45) is 0 Å². The molecule has 6 nitrogen and oxygen atoms in total. The van der Waals surface area contributed by atoms with Crippen LogP contribution in [0.2, 0.25) is 0 Å². The lowest BCUT2D eigenvalue weighted by Crippen LogP contribution is -2.01. The standard InChI is InChI=1S/C54H34N6/c55-35-44-20-7-8-27-45(44)40-23-15-26-43(34-40)53-58-52(37-18-5-2-6-19-37)59-54(60-53)47-29-10-9-28-46(47)41-24-13-21-38(32-41)39-22-14-25-42(33-39)50-48-30-11-12-31-49(48)56-51(57-50)36-16-3-1-4-17-36/h1-34H. The van der Waals surface area contributed by atoms with E-state index in [1.807, 2.05) is 140 Å². The molecule has 0 aliphatic carbocycles. The Bertz CT molecular complexity index is 3230. The minimum Gasteiger partial charge on any atom is -0.228 e. The first-order chi connectivity index (χ1) is 29.7. The summed E-state index contributed by atoms with van der Waals surface area (Å²) in [4.78, 5) is 25.3. The van der Waals surface area contributed by atoms with Crippen molar-refractivity contribution in [3.05, 3.63) is 212 Å². The molecule has 0 spiro atoms. The van der Waals surface area contributed by atoms with Gasteiger partial charge in [-0.3, -0.25) is 0 Å². The van der Waals surface area contributed by atoms with Gasteiger partial charge in [0.05, 0.1) is 22.8 Å². The lowest BCUT2D eigenvalue weighted by Gasteiger charge is -2.14. The molecule has 0 radical (unpaired) electrons. The minimum atomic E-state index is 0.545. The van der Waals surface area contributed by atoms with Gasteiger partial charge in [-0.15, -0.1) is 0 Å². The molecular formula is C54H34N6. The maximum absolute atomic E-state index is 9.84. The molecule has 6 heteroatoms. The summed E-state index contributed by atoms with van der Waals surface area (Å²) in [6.07, 6.45) is 0. The van der Waals surface area contributed by atoms with E-state index in [2.05, 4.69) is 72.8 Å². The van der Waals surface area contributed by atoms with Gasteiger partial charge in [-0.1, -0.05) is 176 Å². The third kappa shape index (κ3) is 7.08. The molecule has 0 amide bonds. The van der Waals surface area contributed by atoms with Crippen molar-refractivity contribution in [3.8, 4) is 96.3 Å². The SMILES string of the molecule is N#Cc1ccccc1-c1cccc(-c2nc(-c3ccccc3)nc(-c3ccccc3-c3cccc(-c4cccc(-c5nc(-c6ccccc6)nc6ccccc56)c4)c3)n2)c1. The monoisotopic (exact) mass is 766 g/mol. The molecular weight excluding hydrogens is 733 g/mol. The highest BCUT2D eigenvalue weighted by molar-refractivity contribution is 5.94. The molecule has 0 N–H and O–H groups in total. The molecule has 0 atom stereocenters. The lowest BCUT2D eigenvalue weighted by atomic mass is 9.94. The number of fused-ring (bicyclic) bond motifs is 1. The summed E-state index contributed by atoms with van der Waals surface area (Å²) in [7, 11) is 0. The van der Waals surface area contributed by atoms with Gasteiger partial charge >= 0.3 is 0 Å². The van der Waals surface area contributed by atoms with Crippen LogP contribution in [0.15, 0.2) is 206 Å². The molecule has 0 bridgehead atoms. The highest BCUT2D eigenvalue weighted by atomic mass is 15.0. The highest BCUT2D eigenvalue weighted by Crippen LogP contribution is 2.37. The van der Waals surface area contributed by atoms with Crippen molar-refractivity contribution in [3.63, 3.8) is 0 Å². The Morgan fingerprint density at radius 3 is 1.45 bits per heavy atom. The summed E-state index contributed by atoms with van der Waals surface area (Å²) in [5.41, 5.74) is 12.9. The van der Waals surface area contributed by atoms with Crippen LogP contribution in [0.25, 0.3) is 101 Å². The Morgan fingerprint density at radius 1 is 0.300 bits per heavy atom. The summed E-state index contributed by atoms with van der Waals surface area (Å²) in [6.45, 7) is 0. The van der Waals surface area contributed by atoms with Crippen LogP contribution < -0.4 is 0 Å². The van der Waals surface area contributed by atoms with E-state index in [-0.39, 0.29) is 0 Å². The first-order valence-electron chi connectivity index (χ1n) is 19.7. The Balaban J connectivity index is 1.06. The quantitative estimate of drug-likeness (QED) is 0.153. The molecule has 8 aromatic carbocycles. The van der Waals surface area contributed by atoms with Gasteiger partial charge in [0, 0.05) is 33.2 Å². The Kier molecular flexibility index (Phi) is 9.51. The molecule has 2 heterocycles.